The van der Waals surface area contributed by atoms with Gasteiger partial charge in [0.1, 0.15) is 5.82 Å². The van der Waals surface area contributed by atoms with Crippen LogP contribution in [0.5, 0.6) is 0 Å². The van der Waals surface area contributed by atoms with Crippen molar-refractivity contribution in [2.75, 3.05) is 11.9 Å². The fourth-order valence-corrected chi connectivity index (χ4v) is 4.48. The maximum absolute atomic E-state index is 13.8. The molecule has 1 heterocycles. The average molecular weight is 503 g/mol. The van der Waals surface area contributed by atoms with Crippen LogP contribution in [0.4, 0.5) is 10.5 Å². The zero-order chi connectivity index (χ0) is 25.8. The number of halogens is 1. The number of aryl methyl sites for hydroxylation is 1. The van der Waals surface area contributed by atoms with E-state index >= 15 is 0 Å². The highest BCUT2D eigenvalue weighted by atomic mass is 35.5. The van der Waals surface area contributed by atoms with Crippen LogP contribution in [0, 0.1) is 12.8 Å². The van der Waals surface area contributed by atoms with Crippen LogP contribution in [-0.2, 0) is 0 Å². The van der Waals surface area contributed by atoms with Crippen molar-refractivity contribution in [3.05, 3.63) is 99.6 Å². The summed E-state index contributed by atoms with van der Waals surface area (Å²) in [5, 5.41) is 4.11. The Morgan fingerprint density at radius 1 is 1.03 bits per heavy atom. The van der Waals surface area contributed by atoms with Crippen molar-refractivity contribution >= 4 is 34.2 Å². The van der Waals surface area contributed by atoms with Gasteiger partial charge in [0.25, 0.3) is 5.56 Å². The van der Waals surface area contributed by atoms with E-state index in [2.05, 4.69) is 19.2 Å². The molecule has 6 nitrogen and oxygen atoms in total. The second kappa shape index (κ2) is 11.0. The zero-order valence-electron chi connectivity index (χ0n) is 21.0. The number of nitrogens with one attached hydrogen (secondary N) is 1. The third-order valence-corrected chi connectivity index (χ3v) is 6.51. The van der Waals surface area contributed by atoms with Crippen LogP contribution in [0.1, 0.15) is 44.6 Å². The van der Waals surface area contributed by atoms with Gasteiger partial charge in [-0.2, -0.15) is 0 Å². The molecule has 0 saturated heterocycles. The Morgan fingerprint density at radius 3 is 2.42 bits per heavy atom. The fourth-order valence-electron chi connectivity index (χ4n) is 4.26. The Morgan fingerprint density at radius 2 is 1.72 bits per heavy atom. The molecule has 4 aromatic rings. The molecule has 0 bridgehead atoms. The van der Waals surface area contributed by atoms with Gasteiger partial charge in [-0.1, -0.05) is 55.8 Å². The third kappa shape index (κ3) is 5.44. The lowest BCUT2D eigenvalue weighted by Crippen LogP contribution is -2.40. The number of nitrogens with zero attached hydrogens (tertiary/aromatic N) is 3. The Labute approximate surface area is 216 Å². The molecule has 7 heteroatoms. The molecule has 2 amide bonds. The molecule has 186 valence electrons. The van der Waals surface area contributed by atoms with Gasteiger partial charge in [-0.15, -0.1) is 0 Å². The minimum absolute atomic E-state index is 0.180. The summed E-state index contributed by atoms with van der Waals surface area (Å²) in [5.74, 6) is 0.894. The van der Waals surface area contributed by atoms with Gasteiger partial charge in [-0.25, -0.2) is 9.78 Å². The molecule has 36 heavy (non-hydrogen) atoms. The monoisotopic (exact) mass is 502 g/mol. The van der Waals surface area contributed by atoms with Crippen LogP contribution in [-0.4, -0.2) is 27.0 Å². The topological polar surface area (TPSA) is 67.2 Å². The van der Waals surface area contributed by atoms with E-state index in [1.54, 1.807) is 21.6 Å². The van der Waals surface area contributed by atoms with Crippen LogP contribution >= 0.6 is 11.6 Å². The number of carbonyl (C=O) groups excluding carboxylic acids is 1. The van der Waals surface area contributed by atoms with Gasteiger partial charge in [0.05, 0.1) is 22.6 Å². The van der Waals surface area contributed by atoms with Crippen molar-refractivity contribution in [2.45, 2.75) is 40.2 Å². The standard InChI is InChI=1S/C29H31ClN4O2/c1-19(2)16-17-33(29(36)31-23-10-6-5-7-11-23)21(4)27-32-25-13-9-8-12-24(25)28(35)34(27)26-15-14-22(30)18-20(26)3/h5-15,18-19,21H,16-17H2,1-4H3,(H,31,36). The predicted octanol–water partition coefficient (Wildman–Crippen LogP) is 6.99. The maximum Gasteiger partial charge on any atom is 0.322 e. The lowest BCUT2D eigenvalue weighted by molar-refractivity contribution is 0.185. The molecule has 4 rings (SSSR count). The molecule has 0 saturated carbocycles. The highest BCUT2D eigenvalue weighted by Crippen LogP contribution is 2.27. The van der Waals surface area contributed by atoms with E-state index in [9.17, 15) is 9.59 Å². The summed E-state index contributed by atoms with van der Waals surface area (Å²) < 4.78 is 1.62. The second-order valence-corrected chi connectivity index (χ2v) is 9.84. The van der Waals surface area contributed by atoms with Crippen LogP contribution in [0.3, 0.4) is 0 Å². The number of para-hydroxylation sites is 2. The van der Waals surface area contributed by atoms with E-state index in [1.807, 2.05) is 74.5 Å². The number of aromatic nitrogens is 2. The van der Waals surface area contributed by atoms with E-state index < -0.39 is 6.04 Å². The molecular weight excluding hydrogens is 472 g/mol. The first kappa shape index (κ1) is 25.5. The number of rotatable bonds is 7. The van der Waals surface area contributed by atoms with Crippen molar-refractivity contribution in [1.29, 1.82) is 0 Å². The molecule has 0 aliphatic carbocycles. The van der Waals surface area contributed by atoms with Gasteiger partial charge in [0.15, 0.2) is 0 Å². The van der Waals surface area contributed by atoms with Crippen LogP contribution < -0.4 is 10.9 Å². The summed E-state index contributed by atoms with van der Waals surface area (Å²) in [4.78, 5) is 34.0. The molecule has 1 unspecified atom stereocenters. The molecule has 0 spiro atoms. The lowest BCUT2D eigenvalue weighted by atomic mass is 10.1. The van der Waals surface area contributed by atoms with Gasteiger partial charge in [-0.3, -0.25) is 9.36 Å². The number of anilines is 1. The first-order valence-electron chi connectivity index (χ1n) is 12.2. The molecule has 0 radical (unpaired) electrons. The van der Waals surface area contributed by atoms with Crippen molar-refractivity contribution < 1.29 is 4.79 Å². The van der Waals surface area contributed by atoms with Crippen LogP contribution in [0.15, 0.2) is 77.6 Å². The quantitative estimate of drug-likeness (QED) is 0.296. The summed E-state index contributed by atoms with van der Waals surface area (Å²) in [6, 6.07) is 21.3. The number of benzene rings is 3. The van der Waals surface area contributed by atoms with Crippen molar-refractivity contribution in [2.24, 2.45) is 5.92 Å². The lowest BCUT2D eigenvalue weighted by Gasteiger charge is -2.31. The molecular formula is C29H31ClN4O2. The highest BCUT2D eigenvalue weighted by Gasteiger charge is 2.27. The smallest absolute Gasteiger partial charge is 0.315 e. The largest absolute Gasteiger partial charge is 0.322 e. The van der Waals surface area contributed by atoms with E-state index in [4.69, 9.17) is 16.6 Å². The summed E-state index contributed by atoms with van der Waals surface area (Å²) in [5.41, 5.74) is 2.66. The Kier molecular flexibility index (Phi) is 7.75. The SMILES string of the molecule is Cc1cc(Cl)ccc1-n1c(C(C)N(CCC(C)C)C(=O)Nc2ccccc2)nc2ccccc2c1=O. The Hall–Kier alpha value is -3.64. The third-order valence-electron chi connectivity index (χ3n) is 6.28. The highest BCUT2D eigenvalue weighted by molar-refractivity contribution is 6.30. The van der Waals surface area contributed by atoms with Gasteiger partial charge in [0, 0.05) is 17.3 Å². The minimum atomic E-state index is -0.486. The van der Waals surface area contributed by atoms with Gasteiger partial charge < -0.3 is 10.2 Å². The number of carbonyl (C=O) groups is 1. The summed E-state index contributed by atoms with van der Waals surface area (Å²) in [6.07, 6.45) is 0.810. The number of amides is 2. The molecule has 1 aromatic heterocycles. The molecule has 1 atom stereocenters. The molecule has 0 aliphatic heterocycles. The van der Waals surface area contributed by atoms with Crippen LogP contribution in [0.2, 0.25) is 5.02 Å². The first-order valence-corrected chi connectivity index (χ1v) is 12.5. The number of hydrogen-bond donors (Lipinski definition) is 1. The first-order chi connectivity index (χ1) is 17.3. The predicted molar refractivity (Wildman–Crippen MR) is 147 cm³/mol. The summed E-state index contributed by atoms with van der Waals surface area (Å²) in [6.45, 7) is 8.59. The van der Waals surface area contributed by atoms with Gasteiger partial charge >= 0.3 is 6.03 Å². The van der Waals surface area contributed by atoms with Crippen LogP contribution in [0.25, 0.3) is 16.6 Å². The summed E-state index contributed by atoms with van der Waals surface area (Å²) >= 11 is 6.22. The van der Waals surface area contributed by atoms with Gasteiger partial charge in [-0.05, 0) is 74.2 Å². The van der Waals surface area contributed by atoms with E-state index in [-0.39, 0.29) is 11.6 Å². The van der Waals surface area contributed by atoms with Crippen molar-refractivity contribution in [3.8, 4) is 5.69 Å². The maximum atomic E-state index is 13.8. The molecule has 3 aromatic carbocycles. The Bertz CT molecular complexity index is 1430. The fraction of sp³-hybridized carbons (Fsp3) is 0.276. The van der Waals surface area contributed by atoms with E-state index in [0.29, 0.717) is 45.6 Å². The average Bonchev–Trinajstić information content (AvgIpc) is 2.85. The zero-order valence-corrected chi connectivity index (χ0v) is 21.8. The minimum Gasteiger partial charge on any atom is -0.315 e. The number of fused-ring (bicyclic) bond motifs is 1. The summed E-state index contributed by atoms with van der Waals surface area (Å²) in [7, 11) is 0. The van der Waals surface area contributed by atoms with Gasteiger partial charge in [0.2, 0.25) is 0 Å². The molecule has 1 N–H and O–H groups in total. The second-order valence-electron chi connectivity index (χ2n) is 9.41. The molecule has 0 fully saturated rings. The Balaban J connectivity index is 1.86. The van der Waals surface area contributed by atoms with Crippen molar-refractivity contribution in [3.63, 3.8) is 0 Å². The van der Waals surface area contributed by atoms with E-state index in [0.717, 1.165) is 12.0 Å². The van der Waals surface area contributed by atoms with E-state index in [1.165, 1.54) is 0 Å². The van der Waals surface area contributed by atoms with Crippen molar-refractivity contribution in [1.82, 2.24) is 14.5 Å². The number of hydrogen-bond acceptors (Lipinski definition) is 3. The normalized spacial score (nSPS) is 12.1. The molecule has 0 aliphatic rings. The number of urea groups is 1.